The van der Waals surface area contributed by atoms with Gasteiger partial charge in [-0.1, -0.05) is 65.2 Å². The number of rotatable bonds is 13. The van der Waals surface area contributed by atoms with E-state index in [1.807, 2.05) is 12.4 Å². The first-order valence-corrected chi connectivity index (χ1v) is 11.6. The number of hydrogen-bond donors (Lipinski definition) is 0. The second-order valence-electron chi connectivity index (χ2n) is 8.32. The Morgan fingerprint density at radius 1 is 0.571 bits per heavy atom. The molecule has 0 radical (unpaired) electrons. The first-order chi connectivity index (χ1) is 13.7. The number of hydrogen-bond acceptors (Lipinski definition) is 2. The number of nitrogens with zero attached hydrogens (tertiary/aromatic N) is 2. The summed E-state index contributed by atoms with van der Waals surface area (Å²) in [5, 5.41) is 0. The van der Waals surface area contributed by atoms with Gasteiger partial charge in [0.15, 0.2) is 0 Å². The third-order valence-corrected chi connectivity index (χ3v) is 5.79. The smallest absolute Gasteiger partial charge is 0.0889 e. The van der Waals surface area contributed by atoms with Gasteiger partial charge in [0.25, 0.3) is 0 Å². The van der Waals surface area contributed by atoms with E-state index in [1.165, 1.54) is 86.5 Å². The molecule has 0 unspecified atom stereocenters. The van der Waals surface area contributed by atoms with Crippen molar-refractivity contribution < 1.29 is 0 Å². The topological polar surface area (TPSA) is 25.8 Å². The second kappa shape index (κ2) is 12.7. The van der Waals surface area contributed by atoms with Crippen LogP contribution in [0.3, 0.4) is 0 Å². The van der Waals surface area contributed by atoms with E-state index in [0.717, 1.165) is 24.2 Å². The van der Waals surface area contributed by atoms with Crippen LogP contribution in [0.15, 0.2) is 24.5 Å². The molecule has 0 spiro atoms. The standard InChI is InChI=1S/C26H40N2/c1-5-7-9-11-13-15-23-17-25(27-19-21(23)3)26-18-24(22(4)20-28-26)16-14-12-10-8-6-2/h17-20H,5-16H2,1-4H3. The zero-order valence-electron chi connectivity index (χ0n) is 18.7. The maximum Gasteiger partial charge on any atom is 0.0889 e. The number of aryl methyl sites for hydroxylation is 4. The fourth-order valence-corrected chi connectivity index (χ4v) is 3.79. The fourth-order valence-electron chi connectivity index (χ4n) is 3.79. The van der Waals surface area contributed by atoms with Crippen LogP contribution in [-0.2, 0) is 12.8 Å². The molecule has 2 rings (SSSR count). The van der Waals surface area contributed by atoms with E-state index in [4.69, 9.17) is 9.97 Å². The van der Waals surface area contributed by atoms with Crippen molar-refractivity contribution in [3.8, 4) is 11.4 Å². The molecule has 0 saturated heterocycles. The molecular formula is C26H40N2. The minimum atomic E-state index is 1.03. The van der Waals surface area contributed by atoms with Crippen LogP contribution in [0.25, 0.3) is 11.4 Å². The van der Waals surface area contributed by atoms with Crippen molar-refractivity contribution in [2.24, 2.45) is 0 Å². The Kier molecular flexibility index (Phi) is 10.2. The first kappa shape index (κ1) is 22.6. The number of aromatic nitrogens is 2. The molecule has 28 heavy (non-hydrogen) atoms. The Morgan fingerprint density at radius 3 is 1.36 bits per heavy atom. The van der Waals surface area contributed by atoms with Crippen LogP contribution in [0, 0.1) is 13.8 Å². The lowest BCUT2D eigenvalue weighted by atomic mass is 9.99. The monoisotopic (exact) mass is 380 g/mol. The van der Waals surface area contributed by atoms with E-state index in [9.17, 15) is 0 Å². The van der Waals surface area contributed by atoms with Gasteiger partial charge in [-0.15, -0.1) is 0 Å². The molecule has 2 nitrogen and oxygen atoms in total. The molecule has 0 aliphatic rings. The van der Waals surface area contributed by atoms with Gasteiger partial charge >= 0.3 is 0 Å². The van der Waals surface area contributed by atoms with Gasteiger partial charge < -0.3 is 0 Å². The zero-order chi connectivity index (χ0) is 20.2. The highest BCUT2D eigenvalue weighted by Gasteiger charge is 2.08. The quantitative estimate of drug-likeness (QED) is 0.331. The highest BCUT2D eigenvalue weighted by Crippen LogP contribution is 2.23. The number of unbranched alkanes of at least 4 members (excludes halogenated alkanes) is 8. The van der Waals surface area contributed by atoms with Crippen molar-refractivity contribution in [1.29, 1.82) is 0 Å². The van der Waals surface area contributed by atoms with E-state index >= 15 is 0 Å². The van der Waals surface area contributed by atoms with Crippen LogP contribution in [0.1, 0.15) is 100 Å². The van der Waals surface area contributed by atoms with Crippen LogP contribution in [0.5, 0.6) is 0 Å². The molecule has 0 aliphatic carbocycles. The third-order valence-electron chi connectivity index (χ3n) is 5.79. The molecule has 2 aromatic rings. The first-order valence-electron chi connectivity index (χ1n) is 11.6. The molecule has 0 aliphatic heterocycles. The summed E-state index contributed by atoms with van der Waals surface area (Å²) < 4.78 is 0. The molecular weight excluding hydrogens is 340 g/mol. The summed E-state index contributed by atoms with van der Waals surface area (Å²) in [6.45, 7) is 8.91. The van der Waals surface area contributed by atoms with Crippen molar-refractivity contribution in [1.82, 2.24) is 9.97 Å². The predicted octanol–water partition coefficient (Wildman–Crippen LogP) is 7.79. The molecule has 0 saturated carbocycles. The molecule has 0 amide bonds. The van der Waals surface area contributed by atoms with Gasteiger partial charge in [0.1, 0.15) is 0 Å². The molecule has 154 valence electrons. The molecule has 2 heterocycles. The summed E-state index contributed by atoms with van der Waals surface area (Å²) in [7, 11) is 0. The Bertz CT molecular complexity index is 644. The van der Waals surface area contributed by atoms with E-state index in [-0.39, 0.29) is 0 Å². The SMILES string of the molecule is CCCCCCCc1cc(-c2cc(CCCCCCC)c(C)cn2)ncc1C. The highest BCUT2D eigenvalue weighted by molar-refractivity contribution is 5.57. The van der Waals surface area contributed by atoms with Crippen molar-refractivity contribution in [3.05, 3.63) is 46.8 Å². The summed E-state index contributed by atoms with van der Waals surface area (Å²) in [6, 6.07) is 4.55. The minimum Gasteiger partial charge on any atom is -0.254 e. The average molecular weight is 381 g/mol. The largest absolute Gasteiger partial charge is 0.254 e. The minimum absolute atomic E-state index is 1.03. The van der Waals surface area contributed by atoms with Crippen molar-refractivity contribution in [2.45, 2.75) is 105 Å². The molecule has 0 N–H and O–H groups in total. The summed E-state index contributed by atoms with van der Waals surface area (Å²) in [5.41, 5.74) is 7.54. The van der Waals surface area contributed by atoms with Crippen molar-refractivity contribution >= 4 is 0 Å². The Balaban J connectivity index is 2.03. The highest BCUT2D eigenvalue weighted by atomic mass is 14.8. The van der Waals surface area contributed by atoms with Crippen LogP contribution >= 0.6 is 0 Å². The van der Waals surface area contributed by atoms with Gasteiger partial charge in [0.05, 0.1) is 11.4 Å². The summed E-state index contributed by atoms with van der Waals surface area (Å²) in [4.78, 5) is 9.39. The Hall–Kier alpha value is -1.70. The van der Waals surface area contributed by atoms with Gasteiger partial charge in [-0.25, -0.2) is 0 Å². The normalized spacial score (nSPS) is 11.1. The van der Waals surface area contributed by atoms with E-state index in [0.29, 0.717) is 0 Å². The van der Waals surface area contributed by atoms with Crippen LogP contribution in [0.2, 0.25) is 0 Å². The van der Waals surface area contributed by atoms with Gasteiger partial charge in [-0.2, -0.15) is 0 Å². The zero-order valence-corrected chi connectivity index (χ0v) is 18.7. The van der Waals surface area contributed by atoms with Crippen molar-refractivity contribution in [3.63, 3.8) is 0 Å². The lowest BCUT2D eigenvalue weighted by Crippen LogP contribution is -1.98. The van der Waals surface area contributed by atoms with Gasteiger partial charge in [0.2, 0.25) is 0 Å². The molecule has 2 heteroatoms. The molecule has 0 fully saturated rings. The maximum absolute atomic E-state index is 4.70. The third kappa shape index (κ3) is 7.37. The van der Waals surface area contributed by atoms with E-state index < -0.39 is 0 Å². The predicted molar refractivity (Wildman–Crippen MR) is 122 cm³/mol. The van der Waals surface area contributed by atoms with Gasteiger partial charge in [-0.3, -0.25) is 9.97 Å². The molecule has 2 aromatic heterocycles. The Morgan fingerprint density at radius 2 is 0.964 bits per heavy atom. The van der Waals surface area contributed by atoms with Crippen LogP contribution < -0.4 is 0 Å². The summed E-state index contributed by atoms with van der Waals surface area (Å²) in [6.07, 6.45) is 19.6. The lowest BCUT2D eigenvalue weighted by molar-refractivity contribution is 0.631. The van der Waals surface area contributed by atoms with Crippen LogP contribution in [0.4, 0.5) is 0 Å². The molecule has 0 bridgehead atoms. The maximum atomic E-state index is 4.70. The number of pyridine rings is 2. The van der Waals surface area contributed by atoms with Gasteiger partial charge in [-0.05, 0) is 73.9 Å². The second-order valence-corrected chi connectivity index (χ2v) is 8.32. The lowest BCUT2D eigenvalue weighted by Gasteiger charge is -2.11. The van der Waals surface area contributed by atoms with E-state index in [1.54, 1.807) is 0 Å². The Labute approximate surface area is 173 Å². The molecule has 0 atom stereocenters. The average Bonchev–Trinajstić information content (AvgIpc) is 2.70. The van der Waals surface area contributed by atoms with E-state index in [2.05, 4.69) is 39.8 Å². The van der Waals surface area contributed by atoms with Crippen molar-refractivity contribution in [2.75, 3.05) is 0 Å². The summed E-state index contributed by atoms with van der Waals surface area (Å²) in [5.74, 6) is 0. The van der Waals surface area contributed by atoms with Crippen LogP contribution in [-0.4, -0.2) is 9.97 Å². The summed E-state index contributed by atoms with van der Waals surface area (Å²) >= 11 is 0. The molecule has 0 aromatic carbocycles. The fraction of sp³-hybridized carbons (Fsp3) is 0.615. The van der Waals surface area contributed by atoms with Gasteiger partial charge in [0, 0.05) is 12.4 Å².